The van der Waals surface area contributed by atoms with Crippen LogP contribution in [0.5, 0.6) is 0 Å². The second kappa shape index (κ2) is 7.03. The van der Waals surface area contributed by atoms with Crippen LogP contribution >= 0.6 is 55.2 Å². The van der Waals surface area contributed by atoms with Crippen LogP contribution in [0, 0.1) is 5.82 Å². The summed E-state index contributed by atoms with van der Waals surface area (Å²) in [7, 11) is 0. The van der Waals surface area contributed by atoms with E-state index in [-0.39, 0.29) is 22.0 Å². The third-order valence-corrected chi connectivity index (χ3v) is 6.16. The second-order valence-electron chi connectivity index (χ2n) is 4.74. The molecule has 1 aromatic heterocycles. The zero-order valence-electron chi connectivity index (χ0n) is 11.7. The van der Waals surface area contributed by atoms with Crippen LogP contribution in [0.3, 0.4) is 0 Å². The Balaban J connectivity index is 1.87. The van der Waals surface area contributed by atoms with Gasteiger partial charge in [-0.05, 0) is 61.8 Å². The Kier molecular flexibility index (Phi) is 5.19. The maximum absolute atomic E-state index is 13.9. The zero-order valence-corrected chi connectivity index (χ0v) is 16.4. The number of carbonyl (C=O) groups is 2. The molecule has 0 bridgehead atoms. The van der Waals surface area contributed by atoms with E-state index in [1.807, 2.05) is 0 Å². The molecule has 4 nitrogen and oxygen atoms in total. The summed E-state index contributed by atoms with van der Waals surface area (Å²) >= 11 is 13.2. The fourth-order valence-electron chi connectivity index (χ4n) is 2.04. The Bertz CT molecular complexity index is 844. The molecule has 2 heterocycles. The highest BCUT2D eigenvalue weighted by Crippen LogP contribution is 2.36. The van der Waals surface area contributed by atoms with Gasteiger partial charge < -0.3 is 4.42 Å². The van der Waals surface area contributed by atoms with Crippen molar-refractivity contribution < 1.29 is 18.4 Å². The molecule has 24 heavy (non-hydrogen) atoms. The first-order chi connectivity index (χ1) is 11.4. The molecule has 0 spiro atoms. The highest BCUT2D eigenvalue weighted by Gasteiger charge is 2.36. The normalized spacial score (nSPS) is 16.5. The number of hydrogen-bond acceptors (Lipinski definition) is 4. The van der Waals surface area contributed by atoms with Gasteiger partial charge in [0.2, 0.25) is 0 Å². The van der Waals surface area contributed by atoms with Crippen molar-refractivity contribution in [3.63, 3.8) is 0 Å². The number of nitrogens with zero attached hydrogens (tertiary/aromatic N) is 1. The number of benzene rings is 1. The van der Waals surface area contributed by atoms with Crippen molar-refractivity contribution in [2.75, 3.05) is 0 Å². The van der Waals surface area contributed by atoms with Crippen molar-refractivity contribution in [1.29, 1.82) is 0 Å². The summed E-state index contributed by atoms with van der Waals surface area (Å²) in [6.07, 6.45) is 1.46. The quantitative estimate of drug-likeness (QED) is 0.503. The predicted molar refractivity (Wildman–Crippen MR) is 97.0 cm³/mol. The summed E-state index contributed by atoms with van der Waals surface area (Å²) in [5, 5.41) is -0.327. The summed E-state index contributed by atoms with van der Waals surface area (Å²) in [6.45, 7) is -0.223. The molecule has 1 aliphatic rings. The minimum Gasteiger partial charge on any atom is -0.449 e. The van der Waals surface area contributed by atoms with Crippen LogP contribution in [-0.4, -0.2) is 16.0 Å². The standard InChI is InChI=1S/C15H7Br2ClFNO3S/c16-9-4-7(23-13(9)17)5-12-14(21)20(15(22)24-12)6-8-10(18)2-1-3-11(8)19/h1-5H,6H2/b12-5-. The summed E-state index contributed by atoms with van der Waals surface area (Å²) in [6, 6.07) is 5.86. The molecule has 1 aliphatic heterocycles. The van der Waals surface area contributed by atoms with Crippen molar-refractivity contribution >= 4 is 72.4 Å². The van der Waals surface area contributed by atoms with Crippen LogP contribution in [0.2, 0.25) is 5.02 Å². The Hall–Kier alpha value is -1.09. The summed E-state index contributed by atoms with van der Waals surface area (Å²) in [5.41, 5.74) is 0.103. The highest BCUT2D eigenvalue weighted by atomic mass is 79.9. The van der Waals surface area contributed by atoms with E-state index in [2.05, 4.69) is 31.9 Å². The molecule has 2 amide bonds. The fraction of sp³-hybridized carbons (Fsp3) is 0.0667. The van der Waals surface area contributed by atoms with E-state index < -0.39 is 17.0 Å². The van der Waals surface area contributed by atoms with Gasteiger partial charge in [0.15, 0.2) is 4.67 Å². The van der Waals surface area contributed by atoms with Crippen LogP contribution < -0.4 is 0 Å². The van der Waals surface area contributed by atoms with E-state index in [1.165, 1.54) is 24.3 Å². The van der Waals surface area contributed by atoms with Gasteiger partial charge in [-0.3, -0.25) is 14.5 Å². The number of amides is 2. The molecule has 0 radical (unpaired) electrons. The summed E-state index contributed by atoms with van der Waals surface area (Å²) in [4.78, 5) is 25.7. The monoisotopic (exact) mass is 493 g/mol. The second-order valence-corrected chi connectivity index (χ2v) is 7.71. The van der Waals surface area contributed by atoms with Gasteiger partial charge in [-0.1, -0.05) is 17.7 Å². The van der Waals surface area contributed by atoms with E-state index in [0.717, 1.165) is 16.7 Å². The lowest BCUT2D eigenvalue weighted by atomic mass is 10.2. The van der Waals surface area contributed by atoms with E-state index in [0.29, 0.717) is 14.9 Å². The molecule has 0 aliphatic carbocycles. The summed E-state index contributed by atoms with van der Waals surface area (Å²) in [5.74, 6) is -0.680. The van der Waals surface area contributed by atoms with E-state index in [1.54, 1.807) is 6.07 Å². The first kappa shape index (κ1) is 17.7. The van der Waals surface area contributed by atoms with Crippen molar-refractivity contribution in [3.8, 4) is 0 Å². The average Bonchev–Trinajstić information content (AvgIpc) is 2.96. The van der Waals surface area contributed by atoms with Gasteiger partial charge in [0, 0.05) is 16.7 Å². The van der Waals surface area contributed by atoms with Gasteiger partial charge in [-0.2, -0.15) is 0 Å². The van der Waals surface area contributed by atoms with Crippen LogP contribution in [0.15, 0.2) is 42.7 Å². The lowest BCUT2D eigenvalue weighted by Crippen LogP contribution is -2.28. The number of halogens is 4. The topological polar surface area (TPSA) is 50.5 Å². The fourth-order valence-corrected chi connectivity index (χ4v) is 3.69. The van der Waals surface area contributed by atoms with Gasteiger partial charge in [0.1, 0.15) is 11.6 Å². The lowest BCUT2D eigenvalue weighted by Gasteiger charge is -2.14. The van der Waals surface area contributed by atoms with Crippen molar-refractivity contribution in [2.45, 2.75) is 6.54 Å². The van der Waals surface area contributed by atoms with Gasteiger partial charge in [-0.25, -0.2) is 4.39 Å². The van der Waals surface area contributed by atoms with Crippen molar-refractivity contribution in [2.24, 2.45) is 0 Å². The van der Waals surface area contributed by atoms with E-state index >= 15 is 0 Å². The van der Waals surface area contributed by atoms with Gasteiger partial charge in [-0.15, -0.1) is 0 Å². The third kappa shape index (κ3) is 3.46. The molecule has 0 N–H and O–H groups in total. The van der Waals surface area contributed by atoms with Gasteiger partial charge in [0.05, 0.1) is 15.9 Å². The molecule has 3 rings (SSSR count). The largest absolute Gasteiger partial charge is 0.449 e. The molecule has 1 aromatic carbocycles. The SMILES string of the molecule is O=C1S/C(=C\c2cc(Br)c(Br)o2)C(=O)N1Cc1c(F)cccc1Cl. The van der Waals surface area contributed by atoms with E-state index in [4.69, 9.17) is 16.0 Å². The lowest BCUT2D eigenvalue weighted by molar-refractivity contribution is -0.123. The number of hydrogen-bond donors (Lipinski definition) is 0. The maximum Gasteiger partial charge on any atom is 0.293 e. The molecule has 2 aromatic rings. The molecular formula is C15H7Br2ClFNO3S. The number of rotatable bonds is 3. The zero-order chi connectivity index (χ0) is 17.4. The Morgan fingerprint density at radius 1 is 1.33 bits per heavy atom. The van der Waals surface area contributed by atoms with Crippen LogP contribution in [0.4, 0.5) is 9.18 Å². The number of carbonyl (C=O) groups excluding carboxylic acids is 2. The third-order valence-electron chi connectivity index (χ3n) is 3.19. The molecule has 9 heteroatoms. The highest BCUT2D eigenvalue weighted by molar-refractivity contribution is 9.13. The number of furan rings is 1. The Labute approximate surface area is 162 Å². The van der Waals surface area contributed by atoms with E-state index in [9.17, 15) is 14.0 Å². The van der Waals surface area contributed by atoms with Crippen LogP contribution in [0.25, 0.3) is 6.08 Å². The smallest absolute Gasteiger partial charge is 0.293 e. The predicted octanol–water partition coefficient (Wildman–Crippen LogP) is 5.83. The maximum atomic E-state index is 13.9. The van der Waals surface area contributed by atoms with Crippen LogP contribution in [-0.2, 0) is 11.3 Å². The Morgan fingerprint density at radius 3 is 2.71 bits per heavy atom. The molecule has 0 atom stereocenters. The minimum absolute atomic E-state index is 0.103. The number of thioether (sulfide) groups is 1. The first-order valence-electron chi connectivity index (χ1n) is 6.50. The molecule has 0 saturated carbocycles. The molecule has 1 saturated heterocycles. The summed E-state index contributed by atoms with van der Waals surface area (Å²) < 4.78 is 20.4. The van der Waals surface area contributed by atoms with Gasteiger partial charge in [0.25, 0.3) is 11.1 Å². The average molecular weight is 496 g/mol. The van der Waals surface area contributed by atoms with Crippen molar-refractivity contribution in [1.82, 2.24) is 4.90 Å². The Morgan fingerprint density at radius 2 is 2.08 bits per heavy atom. The first-order valence-corrected chi connectivity index (χ1v) is 9.28. The van der Waals surface area contributed by atoms with Gasteiger partial charge >= 0.3 is 0 Å². The molecule has 124 valence electrons. The molecule has 1 fully saturated rings. The molecule has 0 unspecified atom stereocenters. The van der Waals surface area contributed by atoms with Crippen molar-refractivity contribution in [3.05, 3.63) is 60.5 Å². The number of imide groups is 1. The minimum atomic E-state index is -0.565. The van der Waals surface area contributed by atoms with Crippen LogP contribution in [0.1, 0.15) is 11.3 Å². The molecular weight excluding hydrogens is 488 g/mol.